The first-order valence-corrected chi connectivity index (χ1v) is 7.56. The number of rotatable bonds is 8. The molecule has 0 saturated heterocycles. The molecule has 4 heteroatoms. The minimum absolute atomic E-state index is 0.0772. The molecule has 0 aliphatic heterocycles. The van der Waals surface area contributed by atoms with Gasteiger partial charge in [0.1, 0.15) is 0 Å². The lowest BCUT2D eigenvalue weighted by molar-refractivity contribution is -0.121. The first kappa shape index (κ1) is 15.6. The lowest BCUT2D eigenvalue weighted by Gasteiger charge is -2.08. The number of fused-ring (bicyclic) bond motifs is 1. The minimum atomic E-state index is 0.0772. The van der Waals surface area contributed by atoms with Crippen molar-refractivity contribution in [3.05, 3.63) is 36.0 Å². The van der Waals surface area contributed by atoms with E-state index in [-0.39, 0.29) is 5.91 Å². The Morgan fingerprint density at radius 2 is 2.14 bits per heavy atom. The molecule has 2 rings (SSSR count). The summed E-state index contributed by atoms with van der Waals surface area (Å²) >= 11 is 0. The zero-order chi connectivity index (χ0) is 15.1. The average Bonchev–Trinajstić information content (AvgIpc) is 2.87. The molecule has 1 amide bonds. The van der Waals surface area contributed by atoms with E-state index in [1.54, 1.807) is 0 Å². The van der Waals surface area contributed by atoms with Crippen molar-refractivity contribution in [3.63, 3.8) is 0 Å². The highest BCUT2D eigenvalue weighted by Gasteiger charge is 2.06. The van der Waals surface area contributed by atoms with E-state index in [4.69, 9.17) is 4.74 Å². The fourth-order valence-corrected chi connectivity index (χ4v) is 2.26. The van der Waals surface area contributed by atoms with Gasteiger partial charge >= 0.3 is 0 Å². The third-order valence-electron chi connectivity index (χ3n) is 3.32. The molecule has 21 heavy (non-hydrogen) atoms. The molecule has 0 fully saturated rings. The van der Waals surface area contributed by atoms with Crippen molar-refractivity contribution in [3.8, 4) is 0 Å². The van der Waals surface area contributed by atoms with Gasteiger partial charge in [0, 0.05) is 36.7 Å². The Bertz CT molecular complexity index is 575. The zero-order valence-electron chi connectivity index (χ0n) is 12.8. The first-order chi connectivity index (χ1) is 10.2. The molecule has 114 valence electrons. The van der Waals surface area contributed by atoms with Gasteiger partial charge in [-0.05, 0) is 24.0 Å². The predicted octanol–water partition coefficient (Wildman–Crippen LogP) is 2.89. The Morgan fingerprint density at radius 1 is 1.33 bits per heavy atom. The van der Waals surface area contributed by atoms with Gasteiger partial charge in [-0.1, -0.05) is 32.0 Å². The summed E-state index contributed by atoms with van der Waals surface area (Å²) in [5, 5.41) is 4.09. The highest BCUT2D eigenvalue weighted by atomic mass is 16.5. The lowest BCUT2D eigenvalue weighted by Crippen LogP contribution is -2.27. The van der Waals surface area contributed by atoms with Crippen LogP contribution in [-0.2, 0) is 16.0 Å². The molecule has 0 radical (unpaired) electrons. The van der Waals surface area contributed by atoms with E-state index >= 15 is 0 Å². The average molecular weight is 288 g/mol. The summed E-state index contributed by atoms with van der Waals surface area (Å²) < 4.78 is 5.43. The molecule has 2 aromatic rings. The third kappa shape index (κ3) is 4.90. The van der Waals surface area contributed by atoms with E-state index < -0.39 is 0 Å². The van der Waals surface area contributed by atoms with Crippen molar-refractivity contribution in [1.82, 2.24) is 10.3 Å². The van der Waals surface area contributed by atoms with Crippen LogP contribution in [0.4, 0.5) is 0 Å². The molecule has 0 spiro atoms. The van der Waals surface area contributed by atoms with Gasteiger partial charge in [-0.15, -0.1) is 0 Å². The topological polar surface area (TPSA) is 54.1 Å². The van der Waals surface area contributed by atoms with Crippen LogP contribution < -0.4 is 5.32 Å². The number of hydrogen-bond donors (Lipinski definition) is 2. The van der Waals surface area contributed by atoms with Gasteiger partial charge in [-0.3, -0.25) is 4.79 Å². The van der Waals surface area contributed by atoms with Gasteiger partial charge in [0.15, 0.2) is 0 Å². The fraction of sp³-hybridized carbons (Fsp3) is 0.471. The van der Waals surface area contributed by atoms with Crippen LogP contribution in [0.2, 0.25) is 0 Å². The Morgan fingerprint density at radius 3 is 2.95 bits per heavy atom. The maximum absolute atomic E-state index is 11.8. The van der Waals surface area contributed by atoms with Crippen LogP contribution in [0.3, 0.4) is 0 Å². The molecule has 1 heterocycles. The van der Waals surface area contributed by atoms with Gasteiger partial charge in [-0.25, -0.2) is 0 Å². The van der Waals surface area contributed by atoms with Gasteiger partial charge in [0.2, 0.25) is 5.91 Å². The minimum Gasteiger partial charge on any atom is -0.379 e. The first-order valence-electron chi connectivity index (χ1n) is 7.56. The van der Waals surface area contributed by atoms with Gasteiger partial charge in [0.25, 0.3) is 0 Å². The van der Waals surface area contributed by atoms with E-state index in [2.05, 4.69) is 30.2 Å². The summed E-state index contributed by atoms with van der Waals surface area (Å²) in [5.74, 6) is 0.607. The van der Waals surface area contributed by atoms with E-state index in [9.17, 15) is 4.79 Å². The highest BCUT2D eigenvalue weighted by Crippen LogP contribution is 2.18. The van der Waals surface area contributed by atoms with E-state index in [1.807, 2.05) is 24.4 Å². The van der Waals surface area contributed by atoms with E-state index in [1.165, 1.54) is 10.9 Å². The number of aromatic amines is 1. The number of H-pyrrole nitrogens is 1. The summed E-state index contributed by atoms with van der Waals surface area (Å²) in [6.07, 6.45) is 3.25. The summed E-state index contributed by atoms with van der Waals surface area (Å²) in [4.78, 5) is 15.0. The molecular formula is C17H24N2O2. The van der Waals surface area contributed by atoms with Crippen LogP contribution in [0.1, 0.15) is 25.8 Å². The predicted molar refractivity (Wildman–Crippen MR) is 85.3 cm³/mol. The number of amides is 1. The molecule has 0 bridgehead atoms. The standard InChI is InChI=1S/C17H24N2O2/c1-13(2)12-21-10-9-18-17(20)8-7-14-11-19-16-6-4-3-5-15(14)16/h3-6,11,13,19H,7-10,12H2,1-2H3,(H,18,20). The van der Waals surface area contributed by atoms with Crippen LogP contribution in [0, 0.1) is 5.92 Å². The Hall–Kier alpha value is -1.81. The van der Waals surface area contributed by atoms with Crippen LogP contribution >= 0.6 is 0 Å². The maximum atomic E-state index is 11.8. The zero-order valence-corrected chi connectivity index (χ0v) is 12.8. The molecular weight excluding hydrogens is 264 g/mol. The number of aryl methyl sites for hydroxylation is 1. The van der Waals surface area contributed by atoms with Crippen LogP contribution in [0.15, 0.2) is 30.5 Å². The Kier molecular flexibility index (Phi) is 5.81. The Balaban J connectivity index is 1.69. The number of benzene rings is 1. The quantitative estimate of drug-likeness (QED) is 0.734. The Labute approximate surface area is 125 Å². The third-order valence-corrected chi connectivity index (χ3v) is 3.32. The molecule has 1 aromatic carbocycles. The molecule has 0 atom stereocenters. The highest BCUT2D eigenvalue weighted by molar-refractivity contribution is 5.84. The van der Waals surface area contributed by atoms with Gasteiger partial charge < -0.3 is 15.0 Å². The number of hydrogen-bond acceptors (Lipinski definition) is 2. The van der Waals surface area contributed by atoms with E-state index in [0.717, 1.165) is 18.5 Å². The number of carbonyl (C=O) groups is 1. The second-order valence-corrected chi connectivity index (χ2v) is 5.68. The van der Waals surface area contributed by atoms with Crippen LogP contribution in [0.25, 0.3) is 10.9 Å². The number of carbonyl (C=O) groups excluding carboxylic acids is 1. The normalized spacial score (nSPS) is 11.2. The van der Waals surface area contributed by atoms with Crippen molar-refractivity contribution in [1.29, 1.82) is 0 Å². The second kappa shape index (κ2) is 7.84. The van der Waals surface area contributed by atoms with Crippen molar-refractivity contribution in [2.75, 3.05) is 19.8 Å². The van der Waals surface area contributed by atoms with E-state index in [0.29, 0.717) is 25.5 Å². The van der Waals surface area contributed by atoms with Crippen LogP contribution in [-0.4, -0.2) is 30.6 Å². The molecule has 0 saturated carbocycles. The largest absolute Gasteiger partial charge is 0.379 e. The van der Waals surface area contributed by atoms with Crippen molar-refractivity contribution < 1.29 is 9.53 Å². The maximum Gasteiger partial charge on any atom is 0.220 e. The molecule has 0 aliphatic rings. The molecule has 1 aromatic heterocycles. The summed E-state index contributed by atoms with van der Waals surface area (Å²) in [5.41, 5.74) is 2.31. The smallest absolute Gasteiger partial charge is 0.220 e. The SMILES string of the molecule is CC(C)COCCNC(=O)CCc1c[nH]c2ccccc12. The van der Waals surface area contributed by atoms with Crippen molar-refractivity contribution in [2.24, 2.45) is 5.92 Å². The fourth-order valence-electron chi connectivity index (χ4n) is 2.26. The van der Waals surface area contributed by atoms with Gasteiger partial charge in [-0.2, -0.15) is 0 Å². The van der Waals surface area contributed by atoms with Gasteiger partial charge in [0.05, 0.1) is 6.61 Å². The summed E-state index contributed by atoms with van der Waals surface area (Å²) in [7, 11) is 0. The van der Waals surface area contributed by atoms with Crippen molar-refractivity contribution >= 4 is 16.8 Å². The molecule has 4 nitrogen and oxygen atoms in total. The van der Waals surface area contributed by atoms with Crippen molar-refractivity contribution in [2.45, 2.75) is 26.7 Å². The summed E-state index contributed by atoms with van der Waals surface area (Å²) in [6, 6.07) is 8.15. The molecule has 2 N–H and O–H groups in total. The molecule has 0 unspecified atom stereocenters. The number of nitrogens with one attached hydrogen (secondary N) is 2. The number of aromatic nitrogens is 1. The second-order valence-electron chi connectivity index (χ2n) is 5.68. The summed E-state index contributed by atoms with van der Waals surface area (Å²) in [6.45, 7) is 6.13. The lowest BCUT2D eigenvalue weighted by atomic mass is 10.1. The number of ether oxygens (including phenoxy) is 1. The van der Waals surface area contributed by atoms with Crippen LogP contribution in [0.5, 0.6) is 0 Å². The molecule has 0 aliphatic carbocycles. The number of para-hydroxylation sites is 1. The monoisotopic (exact) mass is 288 g/mol.